The molecule has 5 rings (SSSR count). The van der Waals surface area contributed by atoms with Crippen LogP contribution in [0.3, 0.4) is 0 Å². The van der Waals surface area contributed by atoms with Gasteiger partial charge in [0.05, 0.1) is 11.5 Å². The first kappa shape index (κ1) is 38.3. The molecule has 0 fully saturated rings. The maximum absolute atomic E-state index is 11.7. The zero-order valence-electron chi connectivity index (χ0n) is 29.1. The van der Waals surface area contributed by atoms with Crippen LogP contribution in [0.2, 0.25) is 0 Å². The van der Waals surface area contributed by atoms with Gasteiger partial charge in [-0.1, -0.05) is 113 Å². The average Bonchev–Trinajstić information content (AvgIpc) is 3.43. The zero-order valence-corrected chi connectivity index (χ0v) is 32.3. The van der Waals surface area contributed by atoms with Gasteiger partial charge in [0.2, 0.25) is 0 Å². The first-order valence-electron chi connectivity index (χ1n) is 16.7. The third-order valence-corrected chi connectivity index (χ3v) is 9.62. The van der Waals surface area contributed by atoms with Crippen molar-refractivity contribution in [2.24, 2.45) is 17.3 Å². The van der Waals surface area contributed by atoms with Crippen molar-refractivity contribution >= 4 is 38.0 Å². The predicted octanol–water partition coefficient (Wildman–Crippen LogP) is 11.7. The van der Waals surface area contributed by atoms with Crippen molar-refractivity contribution in [3.05, 3.63) is 95.3 Å². The molecular formula is C41H49IrN2O2S-. The number of aliphatic hydroxyl groups is 1. The minimum absolute atomic E-state index is 0. The molecule has 2 aromatic heterocycles. The van der Waals surface area contributed by atoms with Gasteiger partial charge in [-0.05, 0) is 71.2 Å². The Morgan fingerprint density at radius 3 is 2.11 bits per heavy atom. The van der Waals surface area contributed by atoms with Crippen LogP contribution in [0.25, 0.3) is 43.4 Å². The quantitative estimate of drug-likeness (QED) is 0.0865. The second-order valence-electron chi connectivity index (χ2n) is 13.4. The topological polar surface area (TPSA) is 63.1 Å². The second-order valence-corrected chi connectivity index (χ2v) is 14.6. The molecule has 47 heavy (non-hydrogen) atoms. The van der Waals surface area contributed by atoms with E-state index in [9.17, 15) is 9.90 Å². The van der Waals surface area contributed by atoms with E-state index in [2.05, 4.69) is 104 Å². The Labute approximate surface area is 299 Å². The smallest absolute Gasteiger partial charge is 0.162 e. The molecule has 5 aromatic rings. The predicted molar refractivity (Wildman–Crippen MR) is 196 cm³/mol. The summed E-state index contributed by atoms with van der Waals surface area (Å²) in [4.78, 5) is 22.2. The molecule has 251 valence electrons. The molecule has 1 radical (unpaired) electrons. The monoisotopic (exact) mass is 826 g/mol. The van der Waals surface area contributed by atoms with Gasteiger partial charge >= 0.3 is 0 Å². The van der Waals surface area contributed by atoms with Crippen LogP contribution in [-0.4, -0.2) is 20.9 Å². The number of nitrogens with zero attached hydrogens (tertiary/aromatic N) is 2. The summed E-state index contributed by atoms with van der Waals surface area (Å²) in [6, 6.07) is 25.2. The SMILES string of the molecule is CCC(CC)C(=O)/C=C(\O)C(CC)CC.Cc1cc2c(s1)c(-c1cc(-c3ccc(CC(C)(C)C)cc3)ncn1)[c-]c1ccccc12.[Ir]. The summed E-state index contributed by atoms with van der Waals surface area (Å²) >= 11 is 1.81. The number of ketones is 1. The van der Waals surface area contributed by atoms with E-state index in [0.717, 1.165) is 60.0 Å². The van der Waals surface area contributed by atoms with Gasteiger partial charge in [-0.2, -0.15) is 11.3 Å². The minimum Gasteiger partial charge on any atom is -0.512 e. The molecule has 4 nitrogen and oxygen atoms in total. The molecule has 0 amide bonds. The molecule has 0 unspecified atom stereocenters. The van der Waals surface area contributed by atoms with Crippen molar-refractivity contribution in [1.82, 2.24) is 9.97 Å². The Morgan fingerprint density at radius 1 is 0.872 bits per heavy atom. The summed E-state index contributed by atoms with van der Waals surface area (Å²) in [7, 11) is 0. The number of fused-ring (bicyclic) bond motifs is 3. The van der Waals surface area contributed by atoms with Crippen molar-refractivity contribution in [3.63, 3.8) is 0 Å². The van der Waals surface area contributed by atoms with Crippen LogP contribution in [0.1, 0.15) is 84.6 Å². The van der Waals surface area contributed by atoms with Crippen LogP contribution in [0.15, 0.2) is 78.8 Å². The van der Waals surface area contributed by atoms with E-state index in [0.29, 0.717) is 0 Å². The van der Waals surface area contributed by atoms with E-state index < -0.39 is 0 Å². The first-order valence-corrected chi connectivity index (χ1v) is 17.5. The Morgan fingerprint density at radius 2 is 1.49 bits per heavy atom. The summed E-state index contributed by atoms with van der Waals surface area (Å²) in [5.41, 5.74) is 5.65. The number of carbonyl (C=O) groups excluding carboxylic acids is 1. The Hall–Kier alpha value is -3.18. The number of aryl methyl sites for hydroxylation is 1. The van der Waals surface area contributed by atoms with Gasteiger partial charge < -0.3 is 5.11 Å². The number of thiophene rings is 1. The van der Waals surface area contributed by atoms with Gasteiger partial charge in [0.25, 0.3) is 0 Å². The van der Waals surface area contributed by atoms with Crippen LogP contribution in [0, 0.1) is 30.2 Å². The first-order chi connectivity index (χ1) is 22.0. The summed E-state index contributed by atoms with van der Waals surface area (Å²) < 4.78 is 1.24. The molecule has 2 heterocycles. The van der Waals surface area contributed by atoms with Crippen molar-refractivity contribution in [2.75, 3.05) is 0 Å². The number of hydrogen-bond acceptors (Lipinski definition) is 5. The number of rotatable bonds is 10. The largest absolute Gasteiger partial charge is 0.512 e. The van der Waals surface area contributed by atoms with Gasteiger partial charge in [0, 0.05) is 43.7 Å². The van der Waals surface area contributed by atoms with Gasteiger partial charge in [-0.25, -0.2) is 4.98 Å². The van der Waals surface area contributed by atoms with E-state index in [1.807, 2.05) is 27.7 Å². The standard InChI is InChI=1S/C28H25N2S.C13H24O2.Ir/c1-18-13-23-22-8-6-5-7-21(22)14-24(27(23)31-18)26-15-25(29-17-30-26)20-11-9-19(10-12-20)16-28(2,3)4;1-5-10(6-2)12(14)9-13(15)11(7-3)8-4;/h5-13,15,17H,16H2,1-4H3;9-11,14H,5-8H2,1-4H3;/q-1;;/b;12-9-;. The van der Waals surface area contributed by atoms with E-state index in [1.165, 1.54) is 32.0 Å². The van der Waals surface area contributed by atoms with Gasteiger partial charge in [0.15, 0.2) is 5.78 Å². The summed E-state index contributed by atoms with van der Waals surface area (Å²) in [6.07, 6.45) is 7.64. The molecule has 0 aliphatic rings. The minimum atomic E-state index is 0. The Bertz CT molecular complexity index is 1790. The van der Waals surface area contributed by atoms with Gasteiger partial charge in [-0.3, -0.25) is 9.78 Å². The molecule has 0 aliphatic heterocycles. The molecule has 0 aliphatic carbocycles. The molecule has 0 saturated carbocycles. The number of aromatic nitrogens is 2. The maximum atomic E-state index is 11.7. The molecule has 0 atom stereocenters. The average molecular weight is 826 g/mol. The van der Waals surface area contributed by atoms with E-state index in [1.54, 1.807) is 17.7 Å². The van der Waals surface area contributed by atoms with Crippen LogP contribution < -0.4 is 0 Å². The van der Waals surface area contributed by atoms with Crippen molar-refractivity contribution in [3.8, 4) is 22.5 Å². The fraction of sp³-hybridized carbons (Fsp3) is 0.390. The van der Waals surface area contributed by atoms with E-state index >= 15 is 0 Å². The molecule has 6 heteroatoms. The normalized spacial score (nSPS) is 11.9. The number of aliphatic hydroxyl groups excluding tert-OH is 1. The van der Waals surface area contributed by atoms with Gasteiger partial charge in [-0.15, -0.1) is 17.5 Å². The van der Waals surface area contributed by atoms with Crippen molar-refractivity contribution in [2.45, 2.75) is 87.5 Å². The molecule has 1 N–H and O–H groups in total. The van der Waals surface area contributed by atoms with E-state index in [4.69, 9.17) is 0 Å². The number of hydrogen-bond donors (Lipinski definition) is 1. The Kier molecular flexibility index (Phi) is 14.1. The number of allylic oxidation sites excluding steroid dienone is 2. The summed E-state index contributed by atoms with van der Waals surface area (Å²) in [5, 5.41) is 13.4. The fourth-order valence-electron chi connectivity index (χ4n) is 5.94. The van der Waals surface area contributed by atoms with Gasteiger partial charge in [0.1, 0.15) is 6.33 Å². The fourth-order valence-corrected chi connectivity index (χ4v) is 6.97. The maximum Gasteiger partial charge on any atom is 0.162 e. The molecule has 3 aromatic carbocycles. The van der Waals surface area contributed by atoms with Crippen LogP contribution >= 0.6 is 11.3 Å². The molecule has 0 saturated heterocycles. The molecular weight excluding hydrogens is 777 g/mol. The summed E-state index contributed by atoms with van der Waals surface area (Å²) in [5.74, 6) is 0.547. The third-order valence-electron chi connectivity index (χ3n) is 8.55. The zero-order chi connectivity index (χ0) is 33.4. The van der Waals surface area contributed by atoms with Crippen LogP contribution in [0.4, 0.5) is 0 Å². The molecule has 0 bridgehead atoms. The second kappa shape index (κ2) is 17.3. The number of benzene rings is 3. The van der Waals surface area contributed by atoms with Crippen molar-refractivity contribution < 1.29 is 30.0 Å². The Balaban J connectivity index is 0.000000322. The summed E-state index contributed by atoms with van der Waals surface area (Å²) in [6.45, 7) is 17.0. The van der Waals surface area contributed by atoms with Crippen LogP contribution in [0.5, 0.6) is 0 Å². The van der Waals surface area contributed by atoms with E-state index in [-0.39, 0.29) is 48.9 Å². The number of carbonyl (C=O) groups is 1. The van der Waals surface area contributed by atoms with Crippen molar-refractivity contribution in [1.29, 1.82) is 0 Å². The van der Waals surface area contributed by atoms with Crippen LogP contribution in [-0.2, 0) is 31.3 Å². The third kappa shape index (κ3) is 9.92. The molecule has 0 spiro atoms.